The van der Waals surface area contributed by atoms with Crippen LogP contribution in [-0.4, -0.2) is 54.0 Å². The van der Waals surface area contributed by atoms with Crippen molar-refractivity contribution in [1.82, 2.24) is 19.4 Å². The predicted octanol–water partition coefficient (Wildman–Crippen LogP) is 2.90. The summed E-state index contributed by atoms with van der Waals surface area (Å²) in [6.07, 6.45) is 8.69. The molecule has 0 aromatic carbocycles. The number of sulfonamides is 1. The van der Waals surface area contributed by atoms with Gasteiger partial charge in [0.25, 0.3) is 0 Å². The molecule has 0 atom stereocenters. The van der Waals surface area contributed by atoms with E-state index in [1.54, 1.807) is 10.4 Å². The van der Waals surface area contributed by atoms with Gasteiger partial charge < -0.3 is 9.42 Å². The number of rotatable bonds is 5. The van der Waals surface area contributed by atoms with Crippen LogP contribution < -0.4 is 4.90 Å². The summed E-state index contributed by atoms with van der Waals surface area (Å²) in [5, 5.41) is 4.19. The third kappa shape index (κ3) is 3.90. The lowest BCUT2D eigenvalue weighted by molar-refractivity contribution is 0.346. The van der Waals surface area contributed by atoms with Crippen LogP contribution in [0.1, 0.15) is 68.5 Å². The molecule has 0 amide bonds. The molecular weight excluding hydrogens is 390 g/mol. The van der Waals surface area contributed by atoms with E-state index >= 15 is 0 Å². The fraction of sp³-hybridized carbons (Fsp3) is 0.650. The molecule has 2 saturated heterocycles. The summed E-state index contributed by atoms with van der Waals surface area (Å²) in [4.78, 5) is 11.6. The fourth-order valence-corrected chi connectivity index (χ4v) is 5.71. The molecule has 156 valence electrons. The Hall–Kier alpha value is -2.00. The van der Waals surface area contributed by atoms with Crippen LogP contribution >= 0.6 is 0 Å². The molecule has 3 fully saturated rings. The van der Waals surface area contributed by atoms with Crippen molar-refractivity contribution in [3.8, 4) is 0 Å². The Morgan fingerprint density at radius 3 is 2.34 bits per heavy atom. The Bertz CT molecular complexity index is 941. The van der Waals surface area contributed by atoms with E-state index in [1.807, 2.05) is 6.07 Å². The Labute approximate surface area is 171 Å². The number of anilines is 1. The van der Waals surface area contributed by atoms with Gasteiger partial charge in [-0.3, -0.25) is 0 Å². The molecule has 0 spiro atoms. The fourth-order valence-electron chi connectivity index (χ4n) is 4.24. The molecule has 0 unspecified atom stereocenters. The number of piperidine rings is 2. The van der Waals surface area contributed by atoms with Crippen molar-refractivity contribution < 1.29 is 12.9 Å². The first-order chi connectivity index (χ1) is 14.1. The second-order valence-electron chi connectivity index (χ2n) is 8.34. The Balaban J connectivity index is 1.21. The molecule has 29 heavy (non-hydrogen) atoms. The van der Waals surface area contributed by atoms with Crippen molar-refractivity contribution in [3.05, 3.63) is 30.0 Å². The van der Waals surface area contributed by atoms with Crippen LogP contribution in [0.4, 0.5) is 5.82 Å². The molecule has 4 heterocycles. The maximum Gasteiger partial charge on any atom is 0.244 e. The topological polar surface area (TPSA) is 92.4 Å². The van der Waals surface area contributed by atoms with Crippen LogP contribution in [0.3, 0.4) is 0 Å². The molecule has 8 nitrogen and oxygen atoms in total. The van der Waals surface area contributed by atoms with E-state index in [1.165, 1.54) is 6.20 Å². The van der Waals surface area contributed by atoms with Gasteiger partial charge in [0, 0.05) is 44.2 Å². The zero-order valence-electron chi connectivity index (χ0n) is 16.5. The molecule has 2 aromatic heterocycles. The van der Waals surface area contributed by atoms with E-state index in [4.69, 9.17) is 4.52 Å². The third-order valence-corrected chi connectivity index (χ3v) is 8.12. The van der Waals surface area contributed by atoms with Gasteiger partial charge in [0.05, 0.1) is 0 Å². The standard InChI is InChI=1S/C20H27N5O3S/c26-29(27,25-10-2-1-3-11-25)17-6-7-18(21-14-17)24-12-8-15(9-13-24)19-22-20(28-23-19)16-4-5-16/h6-7,14-16H,1-5,8-13H2. The normalized spacial score (nSPS) is 22.1. The van der Waals surface area contributed by atoms with Crippen molar-refractivity contribution in [2.75, 3.05) is 31.1 Å². The highest BCUT2D eigenvalue weighted by Crippen LogP contribution is 2.40. The van der Waals surface area contributed by atoms with Gasteiger partial charge in [0.1, 0.15) is 10.7 Å². The molecule has 0 bridgehead atoms. The van der Waals surface area contributed by atoms with Crippen molar-refractivity contribution in [1.29, 1.82) is 0 Å². The Morgan fingerprint density at radius 2 is 1.69 bits per heavy atom. The highest BCUT2D eigenvalue weighted by Gasteiger charge is 2.32. The van der Waals surface area contributed by atoms with Crippen molar-refractivity contribution in [2.24, 2.45) is 0 Å². The summed E-state index contributed by atoms with van der Waals surface area (Å²) in [7, 11) is -3.43. The summed E-state index contributed by atoms with van der Waals surface area (Å²) in [6, 6.07) is 3.52. The van der Waals surface area contributed by atoms with E-state index in [0.29, 0.717) is 24.9 Å². The minimum atomic E-state index is -3.43. The maximum atomic E-state index is 12.8. The average molecular weight is 418 g/mol. The highest BCUT2D eigenvalue weighted by atomic mass is 32.2. The molecule has 5 rings (SSSR count). The number of pyridine rings is 1. The van der Waals surface area contributed by atoms with Gasteiger partial charge in [-0.25, -0.2) is 13.4 Å². The average Bonchev–Trinajstić information content (AvgIpc) is 3.51. The molecule has 1 saturated carbocycles. The predicted molar refractivity (Wildman–Crippen MR) is 107 cm³/mol. The molecule has 0 N–H and O–H groups in total. The second kappa shape index (κ2) is 7.68. The van der Waals surface area contributed by atoms with Gasteiger partial charge >= 0.3 is 0 Å². The first-order valence-electron chi connectivity index (χ1n) is 10.7. The summed E-state index contributed by atoms with van der Waals surface area (Å²) < 4.78 is 32.5. The Kier molecular flexibility index (Phi) is 5.03. The molecule has 0 radical (unpaired) electrons. The number of hydrogen-bond donors (Lipinski definition) is 0. The third-order valence-electron chi connectivity index (χ3n) is 6.24. The van der Waals surface area contributed by atoms with Gasteiger partial charge in [-0.15, -0.1) is 0 Å². The van der Waals surface area contributed by atoms with Crippen LogP contribution in [0.2, 0.25) is 0 Å². The molecule has 1 aliphatic carbocycles. The van der Waals surface area contributed by atoms with Crippen LogP contribution in [0, 0.1) is 0 Å². The van der Waals surface area contributed by atoms with Gasteiger partial charge in [0.2, 0.25) is 15.9 Å². The zero-order chi connectivity index (χ0) is 19.8. The van der Waals surface area contributed by atoms with E-state index in [-0.39, 0.29) is 4.90 Å². The largest absolute Gasteiger partial charge is 0.357 e. The monoisotopic (exact) mass is 417 g/mol. The molecule has 2 aliphatic heterocycles. The molecular formula is C20H27N5O3S. The summed E-state index contributed by atoms with van der Waals surface area (Å²) in [5.41, 5.74) is 0. The van der Waals surface area contributed by atoms with E-state index in [9.17, 15) is 8.42 Å². The SMILES string of the molecule is O=S(=O)(c1ccc(N2CCC(c3noc(C4CC4)n3)CC2)nc1)N1CCCCC1. The van der Waals surface area contributed by atoms with Crippen LogP contribution in [0.5, 0.6) is 0 Å². The lowest BCUT2D eigenvalue weighted by Crippen LogP contribution is -2.36. The smallest absolute Gasteiger partial charge is 0.244 e. The van der Waals surface area contributed by atoms with Crippen LogP contribution in [0.15, 0.2) is 27.7 Å². The van der Waals surface area contributed by atoms with Crippen molar-refractivity contribution in [3.63, 3.8) is 0 Å². The van der Waals surface area contributed by atoms with Gasteiger partial charge in [-0.05, 0) is 50.7 Å². The van der Waals surface area contributed by atoms with Gasteiger partial charge in [-0.1, -0.05) is 11.6 Å². The minimum absolute atomic E-state index is 0.289. The lowest BCUT2D eigenvalue weighted by atomic mass is 9.96. The maximum absolute atomic E-state index is 12.8. The second-order valence-corrected chi connectivity index (χ2v) is 10.3. The Morgan fingerprint density at radius 1 is 0.931 bits per heavy atom. The van der Waals surface area contributed by atoms with Crippen LogP contribution in [0.25, 0.3) is 0 Å². The van der Waals surface area contributed by atoms with Gasteiger partial charge in [0.15, 0.2) is 5.82 Å². The highest BCUT2D eigenvalue weighted by molar-refractivity contribution is 7.89. The van der Waals surface area contributed by atoms with E-state index < -0.39 is 10.0 Å². The first-order valence-corrected chi connectivity index (χ1v) is 12.1. The lowest BCUT2D eigenvalue weighted by Gasteiger charge is -2.31. The van der Waals surface area contributed by atoms with Gasteiger partial charge in [-0.2, -0.15) is 9.29 Å². The summed E-state index contributed by atoms with van der Waals surface area (Å²) >= 11 is 0. The summed E-state index contributed by atoms with van der Waals surface area (Å²) in [6.45, 7) is 2.92. The molecule has 2 aromatic rings. The quantitative estimate of drug-likeness (QED) is 0.738. The first kappa shape index (κ1) is 19.0. The minimum Gasteiger partial charge on any atom is -0.357 e. The van der Waals surface area contributed by atoms with E-state index in [0.717, 1.165) is 75.6 Å². The number of nitrogens with zero attached hydrogens (tertiary/aromatic N) is 5. The summed E-state index contributed by atoms with van der Waals surface area (Å²) in [5.74, 6) is 3.27. The number of hydrogen-bond acceptors (Lipinski definition) is 7. The zero-order valence-corrected chi connectivity index (χ0v) is 17.4. The molecule has 9 heteroatoms. The number of aromatic nitrogens is 3. The van der Waals surface area contributed by atoms with Crippen LogP contribution in [-0.2, 0) is 10.0 Å². The molecule has 3 aliphatic rings. The van der Waals surface area contributed by atoms with E-state index in [2.05, 4.69) is 20.0 Å². The van der Waals surface area contributed by atoms with Crippen molar-refractivity contribution >= 4 is 15.8 Å². The van der Waals surface area contributed by atoms with Crippen molar-refractivity contribution in [2.45, 2.75) is 61.7 Å².